The molecule has 0 saturated carbocycles. The van der Waals surface area contributed by atoms with Crippen molar-refractivity contribution in [2.24, 2.45) is 10.9 Å². The Kier molecular flexibility index (Phi) is 2.59. The van der Waals surface area contributed by atoms with E-state index in [2.05, 4.69) is 24.2 Å². The first-order valence-electron chi connectivity index (χ1n) is 6.51. The van der Waals surface area contributed by atoms with Crippen LogP contribution in [-0.4, -0.2) is 21.8 Å². The van der Waals surface area contributed by atoms with Crippen LogP contribution in [0.2, 0.25) is 0 Å². The highest BCUT2D eigenvalue weighted by Gasteiger charge is 2.28. The quantitative estimate of drug-likeness (QED) is 0.799. The Bertz CT molecular complexity index is 585. The molecule has 0 fully saturated rings. The summed E-state index contributed by atoms with van der Waals surface area (Å²) >= 11 is 0. The van der Waals surface area contributed by atoms with Gasteiger partial charge in [-0.2, -0.15) is 0 Å². The number of nitrogens with zero attached hydrogens (tertiary/aromatic N) is 3. The van der Waals surface area contributed by atoms with Crippen molar-refractivity contribution < 1.29 is 0 Å². The van der Waals surface area contributed by atoms with Crippen LogP contribution in [0.15, 0.2) is 9.79 Å². The lowest BCUT2D eigenvalue weighted by Gasteiger charge is -2.25. The third-order valence-corrected chi connectivity index (χ3v) is 3.66. The fraction of sp³-hybridized carbons (Fsp3) is 0.615. The molecule has 0 aromatic carbocycles. The molecule has 5 heteroatoms. The van der Waals surface area contributed by atoms with Gasteiger partial charge in [0.1, 0.15) is 5.82 Å². The van der Waals surface area contributed by atoms with Crippen molar-refractivity contribution in [2.75, 3.05) is 6.54 Å². The van der Waals surface area contributed by atoms with Gasteiger partial charge in [0.15, 0.2) is 0 Å². The molecule has 1 aromatic heterocycles. The zero-order chi connectivity index (χ0) is 12.9. The number of fused-ring (bicyclic) bond motifs is 2. The summed E-state index contributed by atoms with van der Waals surface area (Å²) in [7, 11) is 0. The Morgan fingerprint density at radius 2 is 2.22 bits per heavy atom. The van der Waals surface area contributed by atoms with Crippen LogP contribution in [0.25, 0.3) is 0 Å². The van der Waals surface area contributed by atoms with Crippen LogP contribution < -0.4 is 10.9 Å². The molecule has 5 nitrogen and oxygen atoms in total. The minimum atomic E-state index is 0.0998. The van der Waals surface area contributed by atoms with Crippen LogP contribution in [0, 0.1) is 5.92 Å². The Morgan fingerprint density at radius 3 is 2.94 bits per heavy atom. The van der Waals surface area contributed by atoms with Gasteiger partial charge >= 0.3 is 0 Å². The van der Waals surface area contributed by atoms with E-state index in [9.17, 15) is 4.79 Å². The summed E-state index contributed by atoms with van der Waals surface area (Å²) in [4.78, 5) is 21.6. The fourth-order valence-corrected chi connectivity index (χ4v) is 2.69. The van der Waals surface area contributed by atoms with E-state index < -0.39 is 0 Å². The first kappa shape index (κ1) is 11.6. The summed E-state index contributed by atoms with van der Waals surface area (Å²) in [5.74, 6) is 1.16. The zero-order valence-corrected chi connectivity index (χ0v) is 11.0. The van der Waals surface area contributed by atoms with Crippen LogP contribution in [0.4, 0.5) is 0 Å². The van der Waals surface area contributed by atoms with Gasteiger partial charge in [-0.15, -0.1) is 0 Å². The van der Waals surface area contributed by atoms with Crippen LogP contribution in [0.1, 0.15) is 43.9 Å². The standard InChI is InChI=1S/C13H18N4O/c1-7(2)10-11-9(6-15-10)13(18)17-5-4-14-8(3)12(17)16-11/h7-8,14H,4-6H2,1-3H3. The van der Waals surface area contributed by atoms with Crippen LogP contribution in [0.5, 0.6) is 0 Å². The third-order valence-electron chi connectivity index (χ3n) is 3.66. The van der Waals surface area contributed by atoms with Crippen molar-refractivity contribution in [3.05, 3.63) is 27.4 Å². The molecule has 0 saturated heterocycles. The van der Waals surface area contributed by atoms with Crippen molar-refractivity contribution in [3.8, 4) is 0 Å². The van der Waals surface area contributed by atoms with Gasteiger partial charge in [-0.25, -0.2) is 4.98 Å². The molecule has 2 aliphatic heterocycles. The molecule has 1 atom stereocenters. The van der Waals surface area contributed by atoms with Gasteiger partial charge in [0.2, 0.25) is 0 Å². The molecule has 0 bridgehead atoms. The lowest BCUT2D eigenvalue weighted by Crippen LogP contribution is -2.41. The first-order valence-corrected chi connectivity index (χ1v) is 6.51. The minimum absolute atomic E-state index is 0.0998. The van der Waals surface area contributed by atoms with Gasteiger partial charge in [-0.05, 0) is 12.8 Å². The van der Waals surface area contributed by atoms with Crippen LogP contribution >= 0.6 is 0 Å². The largest absolute Gasteiger partial charge is 0.306 e. The van der Waals surface area contributed by atoms with Crippen molar-refractivity contribution in [1.29, 1.82) is 0 Å². The first-order chi connectivity index (χ1) is 8.59. The molecule has 3 rings (SSSR count). The van der Waals surface area contributed by atoms with Gasteiger partial charge in [0.05, 0.1) is 29.6 Å². The number of hydrogen-bond donors (Lipinski definition) is 1. The molecular formula is C13H18N4O. The minimum Gasteiger partial charge on any atom is -0.306 e. The average Bonchev–Trinajstić information content (AvgIpc) is 2.75. The zero-order valence-electron chi connectivity index (χ0n) is 11.0. The Labute approximate surface area is 106 Å². The predicted octanol–water partition coefficient (Wildman–Crippen LogP) is 0.866. The smallest absolute Gasteiger partial charge is 0.259 e. The highest BCUT2D eigenvalue weighted by molar-refractivity contribution is 6.03. The second kappa shape index (κ2) is 4.02. The van der Waals surface area contributed by atoms with E-state index in [0.29, 0.717) is 19.0 Å². The van der Waals surface area contributed by atoms with Crippen molar-refractivity contribution in [3.63, 3.8) is 0 Å². The second-order valence-electron chi connectivity index (χ2n) is 5.29. The van der Waals surface area contributed by atoms with E-state index in [1.165, 1.54) is 0 Å². The maximum absolute atomic E-state index is 12.4. The number of hydrogen-bond acceptors (Lipinski definition) is 4. The second-order valence-corrected chi connectivity index (χ2v) is 5.29. The summed E-state index contributed by atoms with van der Waals surface area (Å²) in [5, 5.41) is 3.34. The summed E-state index contributed by atoms with van der Waals surface area (Å²) in [6, 6.07) is 0.130. The fourth-order valence-electron chi connectivity index (χ4n) is 2.69. The summed E-state index contributed by atoms with van der Waals surface area (Å²) < 4.78 is 1.80. The summed E-state index contributed by atoms with van der Waals surface area (Å²) in [5.41, 5.74) is 2.68. The number of aromatic nitrogens is 2. The molecule has 1 aromatic rings. The van der Waals surface area contributed by atoms with Crippen molar-refractivity contribution >= 4 is 5.71 Å². The number of aliphatic imine (C=N–C) groups is 1. The van der Waals surface area contributed by atoms with E-state index in [1.54, 1.807) is 4.57 Å². The molecule has 1 N–H and O–H groups in total. The summed E-state index contributed by atoms with van der Waals surface area (Å²) in [6.45, 7) is 8.26. The van der Waals surface area contributed by atoms with E-state index in [4.69, 9.17) is 4.98 Å². The highest BCUT2D eigenvalue weighted by atomic mass is 16.1. The maximum atomic E-state index is 12.4. The maximum Gasteiger partial charge on any atom is 0.259 e. The molecule has 96 valence electrons. The number of nitrogens with one attached hydrogen (secondary N) is 1. The molecule has 0 amide bonds. The summed E-state index contributed by atoms with van der Waals surface area (Å²) in [6.07, 6.45) is 0. The molecule has 18 heavy (non-hydrogen) atoms. The van der Waals surface area contributed by atoms with Crippen LogP contribution in [0.3, 0.4) is 0 Å². The molecule has 0 radical (unpaired) electrons. The highest BCUT2D eigenvalue weighted by Crippen LogP contribution is 2.21. The SMILES string of the molecule is CC(C)C1=NCc2c1nc1n(c2=O)CCNC1C. The average molecular weight is 246 g/mol. The predicted molar refractivity (Wildman–Crippen MR) is 70.0 cm³/mol. The van der Waals surface area contributed by atoms with E-state index in [0.717, 1.165) is 29.3 Å². The van der Waals surface area contributed by atoms with Gasteiger partial charge < -0.3 is 5.32 Å². The number of rotatable bonds is 1. The van der Waals surface area contributed by atoms with Crippen LogP contribution in [-0.2, 0) is 13.1 Å². The lowest BCUT2D eigenvalue weighted by molar-refractivity contribution is 0.416. The van der Waals surface area contributed by atoms with E-state index in [1.807, 2.05) is 6.92 Å². The van der Waals surface area contributed by atoms with Gasteiger partial charge in [0.25, 0.3) is 5.56 Å². The van der Waals surface area contributed by atoms with Gasteiger partial charge in [-0.1, -0.05) is 13.8 Å². The van der Waals surface area contributed by atoms with Gasteiger partial charge in [-0.3, -0.25) is 14.4 Å². The van der Waals surface area contributed by atoms with E-state index in [-0.39, 0.29) is 11.6 Å². The Hall–Kier alpha value is -1.49. The normalized spacial score (nSPS) is 21.8. The Morgan fingerprint density at radius 1 is 1.44 bits per heavy atom. The Balaban J connectivity index is 2.21. The van der Waals surface area contributed by atoms with E-state index >= 15 is 0 Å². The topological polar surface area (TPSA) is 59.3 Å². The molecule has 1 unspecified atom stereocenters. The molecule has 0 aliphatic carbocycles. The van der Waals surface area contributed by atoms with Gasteiger partial charge in [0, 0.05) is 13.1 Å². The molecule has 0 spiro atoms. The van der Waals surface area contributed by atoms with Crippen molar-refractivity contribution in [1.82, 2.24) is 14.9 Å². The lowest BCUT2D eigenvalue weighted by atomic mass is 10.0. The molecule has 2 aliphatic rings. The monoisotopic (exact) mass is 246 g/mol. The van der Waals surface area contributed by atoms with Crippen molar-refractivity contribution in [2.45, 2.75) is 39.9 Å². The molecular weight excluding hydrogens is 228 g/mol. The molecule has 3 heterocycles. The third kappa shape index (κ3) is 1.54.